The SMILES string of the molecule is CC(C)CC1CSC(=NCc2ccc(C(C)C)cc2)N1. The fraction of sp³-hybridized carbons (Fsp3) is 0.588. The molecule has 110 valence electrons. The zero-order valence-corrected chi connectivity index (χ0v) is 13.8. The highest BCUT2D eigenvalue weighted by molar-refractivity contribution is 8.14. The molecule has 2 rings (SSSR count). The molecule has 1 heterocycles. The van der Waals surface area contributed by atoms with Gasteiger partial charge in [-0.05, 0) is 29.4 Å². The van der Waals surface area contributed by atoms with Gasteiger partial charge in [0.15, 0.2) is 5.17 Å². The molecule has 0 amide bonds. The predicted octanol–water partition coefficient (Wildman–Crippen LogP) is 4.42. The molecule has 1 aliphatic rings. The van der Waals surface area contributed by atoms with Crippen molar-refractivity contribution < 1.29 is 0 Å². The Bertz CT molecular complexity index is 449. The average Bonchev–Trinajstić information content (AvgIpc) is 2.83. The van der Waals surface area contributed by atoms with Gasteiger partial charge in [-0.1, -0.05) is 63.7 Å². The summed E-state index contributed by atoms with van der Waals surface area (Å²) in [7, 11) is 0. The Morgan fingerprint density at radius 1 is 1.20 bits per heavy atom. The van der Waals surface area contributed by atoms with Crippen LogP contribution in [0.2, 0.25) is 0 Å². The molecular weight excluding hydrogens is 264 g/mol. The minimum Gasteiger partial charge on any atom is -0.361 e. The molecule has 0 spiro atoms. The first kappa shape index (κ1) is 15.4. The molecule has 0 aliphatic carbocycles. The Balaban J connectivity index is 1.87. The zero-order valence-electron chi connectivity index (χ0n) is 13.0. The van der Waals surface area contributed by atoms with Crippen molar-refractivity contribution in [3.05, 3.63) is 35.4 Å². The Labute approximate surface area is 127 Å². The summed E-state index contributed by atoms with van der Waals surface area (Å²) in [6, 6.07) is 9.44. The van der Waals surface area contributed by atoms with Crippen LogP contribution < -0.4 is 5.32 Å². The first-order chi connectivity index (χ1) is 9.54. The van der Waals surface area contributed by atoms with Gasteiger partial charge in [-0.15, -0.1) is 0 Å². The quantitative estimate of drug-likeness (QED) is 0.868. The highest BCUT2D eigenvalue weighted by atomic mass is 32.2. The lowest BCUT2D eigenvalue weighted by Gasteiger charge is -2.11. The van der Waals surface area contributed by atoms with Crippen molar-refractivity contribution in [3.8, 4) is 0 Å². The van der Waals surface area contributed by atoms with Crippen molar-refractivity contribution >= 4 is 16.9 Å². The van der Waals surface area contributed by atoms with Gasteiger partial charge in [0.05, 0.1) is 6.54 Å². The van der Waals surface area contributed by atoms with Gasteiger partial charge in [-0.25, -0.2) is 0 Å². The van der Waals surface area contributed by atoms with E-state index in [0.717, 1.165) is 23.4 Å². The summed E-state index contributed by atoms with van der Waals surface area (Å²) in [6.07, 6.45) is 1.23. The zero-order chi connectivity index (χ0) is 14.5. The maximum Gasteiger partial charge on any atom is 0.157 e. The number of nitrogens with one attached hydrogen (secondary N) is 1. The van der Waals surface area contributed by atoms with Crippen LogP contribution in [-0.4, -0.2) is 17.0 Å². The second-order valence-corrected chi connectivity index (χ2v) is 7.31. The van der Waals surface area contributed by atoms with E-state index in [0.29, 0.717) is 12.0 Å². The molecular formula is C17H26N2S. The van der Waals surface area contributed by atoms with Crippen LogP contribution in [0.1, 0.15) is 51.2 Å². The summed E-state index contributed by atoms with van der Waals surface area (Å²) >= 11 is 1.86. The third kappa shape index (κ3) is 4.55. The van der Waals surface area contributed by atoms with Crippen molar-refractivity contribution in [1.29, 1.82) is 0 Å². The van der Waals surface area contributed by atoms with Crippen LogP contribution in [0.4, 0.5) is 0 Å². The molecule has 2 nitrogen and oxygen atoms in total. The number of aliphatic imine (C=N–C) groups is 1. The van der Waals surface area contributed by atoms with Gasteiger partial charge >= 0.3 is 0 Å². The Morgan fingerprint density at radius 3 is 2.50 bits per heavy atom. The average molecular weight is 290 g/mol. The largest absolute Gasteiger partial charge is 0.361 e. The van der Waals surface area contributed by atoms with Crippen molar-refractivity contribution in [2.75, 3.05) is 5.75 Å². The maximum atomic E-state index is 4.69. The van der Waals surface area contributed by atoms with E-state index in [1.165, 1.54) is 17.5 Å². The fourth-order valence-corrected chi connectivity index (χ4v) is 3.38. The van der Waals surface area contributed by atoms with Crippen LogP contribution in [0, 0.1) is 5.92 Å². The van der Waals surface area contributed by atoms with E-state index in [2.05, 4.69) is 57.3 Å². The third-order valence-corrected chi connectivity index (χ3v) is 4.65. The number of amidine groups is 1. The van der Waals surface area contributed by atoms with Crippen LogP contribution in [0.3, 0.4) is 0 Å². The van der Waals surface area contributed by atoms with Crippen LogP contribution in [0.5, 0.6) is 0 Å². The molecule has 20 heavy (non-hydrogen) atoms. The second-order valence-electron chi connectivity index (χ2n) is 6.30. The summed E-state index contributed by atoms with van der Waals surface area (Å²) in [4.78, 5) is 4.69. The number of benzene rings is 1. The molecule has 1 fully saturated rings. The van der Waals surface area contributed by atoms with Gasteiger partial charge in [-0.2, -0.15) is 0 Å². The van der Waals surface area contributed by atoms with E-state index in [1.807, 2.05) is 11.8 Å². The topological polar surface area (TPSA) is 24.4 Å². The van der Waals surface area contributed by atoms with Crippen molar-refractivity contribution in [1.82, 2.24) is 5.32 Å². The first-order valence-corrected chi connectivity index (χ1v) is 8.55. The Morgan fingerprint density at radius 2 is 1.90 bits per heavy atom. The molecule has 0 bridgehead atoms. The number of hydrogen-bond acceptors (Lipinski definition) is 2. The number of rotatable bonds is 5. The lowest BCUT2D eigenvalue weighted by atomic mass is 10.0. The summed E-state index contributed by atoms with van der Waals surface area (Å²) < 4.78 is 0. The second kappa shape index (κ2) is 7.16. The Hall–Kier alpha value is -0.960. The molecule has 1 aromatic rings. The van der Waals surface area contributed by atoms with E-state index in [1.54, 1.807) is 0 Å². The standard InChI is InChI=1S/C17H26N2S/c1-12(2)9-16-11-20-17(19-16)18-10-14-5-7-15(8-6-14)13(3)4/h5-8,12-13,16H,9-11H2,1-4H3,(H,18,19). The van der Waals surface area contributed by atoms with Crippen molar-refractivity contribution in [2.45, 2.75) is 52.6 Å². The van der Waals surface area contributed by atoms with Gasteiger partial charge in [-0.3, -0.25) is 4.99 Å². The lowest BCUT2D eigenvalue weighted by molar-refractivity contribution is 0.502. The molecule has 3 heteroatoms. The number of hydrogen-bond donors (Lipinski definition) is 1. The molecule has 1 unspecified atom stereocenters. The van der Waals surface area contributed by atoms with E-state index < -0.39 is 0 Å². The highest BCUT2D eigenvalue weighted by Gasteiger charge is 2.20. The maximum absolute atomic E-state index is 4.69. The summed E-state index contributed by atoms with van der Waals surface area (Å²) in [5.41, 5.74) is 2.68. The van der Waals surface area contributed by atoms with Gasteiger partial charge < -0.3 is 5.32 Å². The number of thioether (sulfide) groups is 1. The molecule has 0 radical (unpaired) electrons. The van der Waals surface area contributed by atoms with E-state index in [-0.39, 0.29) is 0 Å². The Kier molecular flexibility index (Phi) is 5.53. The molecule has 1 saturated heterocycles. The van der Waals surface area contributed by atoms with E-state index >= 15 is 0 Å². The molecule has 1 atom stereocenters. The van der Waals surface area contributed by atoms with Crippen LogP contribution in [0.25, 0.3) is 0 Å². The third-order valence-electron chi connectivity index (χ3n) is 3.56. The summed E-state index contributed by atoms with van der Waals surface area (Å²) in [5, 5.41) is 4.65. The molecule has 1 aromatic carbocycles. The van der Waals surface area contributed by atoms with Crippen LogP contribution >= 0.6 is 11.8 Å². The number of nitrogens with zero attached hydrogens (tertiary/aromatic N) is 1. The van der Waals surface area contributed by atoms with Crippen molar-refractivity contribution in [3.63, 3.8) is 0 Å². The van der Waals surface area contributed by atoms with Crippen molar-refractivity contribution in [2.24, 2.45) is 10.9 Å². The van der Waals surface area contributed by atoms with Crippen LogP contribution in [0.15, 0.2) is 29.3 Å². The van der Waals surface area contributed by atoms with E-state index in [4.69, 9.17) is 4.99 Å². The summed E-state index contributed by atoms with van der Waals surface area (Å²) in [5.74, 6) is 2.50. The van der Waals surface area contributed by atoms with Gasteiger partial charge in [0, 0.05) is 11.8 Å². The van der Waals surface area contributed by atoms with E-state index in [9.17, 15) is 0 Å². The van der Waals surface area contributed by atoms with Gasteiger partial charge in [0.2, 0.25) is 0 Å². The first-order valence-electron chi connectivity index (χ1n) is 7.57. The molecule has 1 N–H and O–H groups in total. The van der Waals surface area contributed by atoms with Gasteiger partial charge in [0.25, 0.3) is 0 Å². The van der Waals surface area contributed by atoms with Crippen LogP contribution in [-0.2, 0) is 6.54 Å². The minimum absolute atomic E-state index is 0.596. The smallest absolute Gasteiger partial charge is 0.157 e. The summed E-state index contributed by atoms with van der Waals surface area (Å²) in [6.45, 7) is 9.78. The molecule has 0 saturated carbocycles. The minimum atomic E-state index is 0.596. The van der Waals surface area contributed by atoms with Gasteiger partial charge in [0.1, 0.15) is 0 Å². The predicted molar refractivity (Wildman–Crippen MR) is 90.5 cm³/mol. The lowest BCUT2D eigenvalue weighted by Crippen LogP contribution is -2.28. The molecule has 0 aromatic heterocycles. The molecule has 1 aliphatic heterocycles. The monoisotopic (exact) mass is 290 g/mol. The fourth-order valence-electron chi connectivity index (χ4n) is 2.40. The normalized spacial score (nSPS) is 20.9. The highest BCUT2D eigenvalue weighted by Crippen LogP contribution is 2.20.